The highest BCUT2D eigenvalue weighted by atomic mass is 14.9. The molecule has 1 aromatic heterocycles. The van der Waals surface area contributed by atoms with Crippen LogP contribution in [0.5, 0.6) is 0 Å². The van der Waals surface area contributed by atoms with Crippen LogP contribution in [-0.4, -0.2) is 9.97 Å². The van der Waals surface area contributed by atoms with Crippen molar-refractivity contribution in [3.63, 3.8) is 0 Å². The molecule has 2 heteroatoms. The van der Waals surface area contributed by atoms with Crippen molar-refractivity contribution in [3.8, 4) is 11.3 Å². The smallest absolute Gasteiger partial charge is 0.125 e. The number of rotatable bonds is 1. The van der Waals surface area contributed by atoms with E-state index in [0.717, 1.165) is 11.5 Å². The fourth-order valence-corrected chi connectivity index (χ4v) is 1.97. The predicted molar refractivity (Wildman–Crippen MR) is 75.6 cm³/mol. The van der Waals surface area contributed by atoms with Gasteiger partial charge in [0.25, 0.3) is 0 Å². The molecule has 0 aliphatic rings. The third-order valence-electron chi connectivity index (χ3n) is 3.16. The summed E-state index contributed by atoms with van der Waals surface area (Å²) < 4.78 is 0. The first-order valence-corrected chi connectivity index (χ1v) is 6.29. The van der Waals surface area contributed by atoms with E-state index < -0.39 is 0 Å². The van der Waals surface area contributed by atoms with Gasteiger partial charge >= 0.3 is 0 Å². The molecular weight excluding hydrogens is 220 g/mol. The van der Waals surface area contributed by atoms with E-state index in [1.807, 2.05) is 19.2 Å². The van der Waals surface area contributed by atoms with E-state index in [9.17, 15) is 0 Å². The van der Waals surface area contributed by atoms with Crippen LogP contribution in [-0.2, 0) is 5.41 Å². The van der Waals surface area contributed by atoms with E-state index in [-0.39, 0.29) is 5.41 Å². The lowest BCUT2D eigenvalue weighted by molar-refractivity contribution is 0.590. The lowest BCUT2D eigenvalue weighted by Gasteiger charge is -2.20. The van der Waals surface area contributed by atoms with Gasteiger partial charge in [-0.2, -0.15) is 0 Å². The molecule has 1 aromatic carbocycles. The number of aryl methyl sites for hydroxylation is 2. The molecule has 0 fully saturated rings. The third-order valence-corrected chi connectivity index (χ3v) is 3.16. The largest absolute Gasteiger partial charge is 0.242 e. The minimum Gasteiger partial charge on any atom is -0.242 e. The highest BCUT2D eigenvalue weighted by molar-refractivity contribution is 5.64. The second-order valence-electron chi connectivity index (χ2n) is 5.77. The van der Waals surface area contributed by atoms with E-state index in [1.54, 1.807) is 0 Å². The molecule has 0 spiro atoms. The topological polar surface area (TPSA) is 25.8 Å². The van der Waals surface area contributed by atoms with Crippen LogP contribution in [0.2, 0.25) is 0 Å². The average molecular weight is 240 g/mol. The van der Waals surface area contributed by atoms with Gasteiger partial charge in [0, 0.05) is 11.8 Å². The fourth-order valence-electron chi connectivity index (χ4n) is 1.97. The lowest BCUT2D eigenvalue weighted by Crippen LogP contribution is -2.11. The van der Waals surface area contributed by atoms with E-state index in [1.165, 1.54) is 16.7 Å². The van der Waals surface area contributed by atoms with Gasteiger partial charge in [-0.3, -0.25) is 0 Å². The first-order valence-electron chi connectivity index (χ1n) is 6.29. The van der Waals surface area contributed by atoms with Crippen molar-refractivity contribution >= 4 is 0 Å². The van der Waals surface area contributed by atoms with Crippen LogP contribution in [0.15, 0.2) is 30.5 Å². The van der Waals surface area contributed by atoms with Gasteiger partial charge in [-0.1, -0.05) is 32.9 Å². The number of hydrogen-bond acceptors (Lipinski definition) is 2. The zero-order valence-electron chi connectivity index (χ0n) is 11.8. The van der Waals surface area contributed by atoms with E-state index in [0.29, 0.717) is 0 Å². The average Bonchev–Trinajstić information content (AvgIpc) is 2.28. The first kappa shape index (κ1) is 12.7. The highest BCUT2D eigenvalue weighted by Gasteiger charge is 2.15. The van der Waals surface area contributed by atoms with E-state index in [4.69, 9.17) is 0 Å². The molecule has 94 valence electrons. The number of nitrogens with zero attached hydrogens (tertiary/aromatic N) is 2. The Morgan fingerprint density at radius 2 is 1.72 bits per heavy atom. The van der Waals surface area contributed by atoms with Gasteiger partial charge in [0.1, 0.15) is 5.82 Å². The van der Waals surface area contributed by atoms with Gasteiger partial charge in [0.05, 0.1) is 5.69 Å². The number of benzene rings is 1. The summed E-state index contributed by atoms with van der Waals surface area (Å²) in [7, 11) is 0. The fraction of sp³-hybridized carbons (Fsp3) is 0.375. The standard InChI is InChI=1S/C16H20N2/c1-11-6-7-13(16(3,4)5)10-14(11)15-8-9-17-12(2)18-15/h6-10H,1-5H3. The summed E-state index contributed by atoms with van der Waals surface area (Å²) in [5, 5.41) is 0. The number of aromatic nitrogens is 2. The Balaban J connectivity index is 2.57. The van der Waals surface area contributed by atoms with E-state index in [2.05, 4.69) is 55.9 Å². The Labute approximate surface area is 109 Å². The van der Waals surface area contributed by atoms with Crippen LogP contribution in [0.3, 0.4) is 0 Å². The predicted octanol–water partition coefficient (Wildman–Crippen LogP) is 4.06. The van der Waals surface area contributed by atoms with Crippen LogP contribution < -0.4 is 0 Å². The molecule has 0 aliphatic carbocycles. The van der Waals surface area contributed by atoms with Gasteiger partial charge in [-0.15, -0.1) is 0 Å². The quantitative estimate of drug-likeness (QED) is 0.751. The van der Waals surface area contributed by atoms with Gasteiger partial charge in [-0.25, -0.2) is 9.97 Å². The maximum absolute atomic E-state index is 4.52. The molecule has 0 saturated heterocycles. The summed E-state index contributed by atoms with van der Waals surface area (Å²) in [4.78, 5) is 8.67. The van der Waals surface area contributed by atoms with Gasteiger partial charge in [0.15, 0.2) is 0 Å². The molecule has 2 nitrogen and oxygen atoms in total. The summed E-state index contributed by atoms with van der Waals surface area (Å²) in [6.07, 6.45) is 1.82. The molecule has 18 heavy (non-hydrogen) atoms. The molecule has 0 bridgehead atoms. The molecule has 1 heterocycles. The van der Waals surface area contributed by atoms with Crippen molar-refractivity contribution < 1.29 is 0 Å². The Hall–Kier alpha value is -1.70. The molecule has 2 aromatic rings. The normalized spacial score (nSPS) is 11.6. The van der Waals surface area contributed by atoms with Crippen molar-refractivity contribution in [2.24, 2.45) is 0 Å². The van der Waals surface area contributed by atoms with Crippen LogP contribution in [0.25, 0.3) is 11.3 Å². The van der Waals surface area contributed by atoms with Crippen LogP contribution >= 0.6 is 0 Å². The maximum atomic E-state index is 4.52. The lowest BCUT2D eigenvalue weighted by atomic mass is 9.85. The Bertz CT molecular complexity index is 566. The van der Waals surface area contributed by atoms with Crippen molar-refractivity contribution in [1.82, 2.24) is 9.97 Å². The summed E-state index contributed by atoms with van der Waals surface area (Å²) in [5.74, 6) is 0.813. The molecule has 0 atom stereocenters. The molecule has 0 N–H and O–H groups in total. The zero-order chi connectivity index (χ0) is 13.3. The molecule has 0 saturated carbocycles. The second kappa shape index (κ2) is 4.52. The summed E-state index contributed by atoms with van der Waals surface area (Å²) >= 11 is 0. The SMILES string of the molecule is Cc1nccc(-c2cc(C(C)(C)C)ccc2C)n1. The summed E-state index contributed by atoms with van der Waals surface area (Å²) in [6.45, 7) is 10.7. The zero-order valence-corrected chi connectivity index (χ0v) is 11.8. The van der Waals surface area contributed by atoms with Crippen molar-refractivity contribution in [2.45, 2.75) is 40.0 Å². The minimum atomic E-state index is 0.157. The molecule has 0 aliphatic heterocycles. The molecule has 0 amide bonds. The summed E-state index contributed by atoms with van der Waals surface area (Å²) in [6, 6.07) is 8.60. The highest BCUT2D eigenvalue weighted by Crippen LogP contribution is 2.29. The van der Waals surface area contributed by atoms with Crippen molar-refractivity contribution in [1.29, 1.82) is 0 Å². The van der Waals surface area contributed by atoms with Gasteiger partial charge < -0.3 is 0 Å². The molecule has 0 radical (unpaired) electrons. The summed E-state index contributed by atoms with van der Waals surface area (Å²) in [5.41, 5.74) is 4.95. The first-order chi connectivity index (χ1) is 8.38. The monoisotopic (exact) mass is 240 g/mol. The maximum Gasteiger partial charge on any atom is 0.125 e. The van der Waals surface area contributed by atoms with Crippen molar-refractivity contribution in [2.75, 3.05) is 0 Å². The molecule has 0 unspecified atom stereocenters. The van der Waals surface area contributed by atoms with Crippen LogP contribution in [0, 0.1) is 13.8 Å². The van der Waals surface area contributed by atoms with Gasteiger partial charge in [-0.05, 0) is 42.5 Å². The third kappa shape index (κ3) is 2.58. The van der Waals surface area contributed by atoms with Crippen LogP contribution in [0.4, 0.5) is 0 Å². The molecule has 2 rings (SSSR count). The second-order valence-corrected chi connectivity index (χ2v) is 5.77. The Morgan fingerprint density at radius 3 is 2.33 bits per heavy atom. The minimum absolute atomic E-state index is 0.157. The Morgan fingerprint density at radius 1 is 1.00 bits per heavy atom. The van der Waals surface area contributed by atoms with E-state index >= 15 is 0 Å². The van der Waals surface area contributed by atoms with Crippen LogP contribution in [0.1, 0.15) is 37.7 Å². The van der Waals surface area contributed by atoms with Gasteiger partial charge in [0.2, 0.25) is 0 Å². The Kier molecular flexibility index (Phi) is 3.20. The van der Waals surface area contributed by atoms with Crippen molar-refractivity contribution in [3.05, 3.63) is 47.4 Å². The number of hydrogen-bond donors (Lipinski definition) is 0. The molecular formula is C16H20N2.